The van der Waals surface area contributed by atoms with Crippen LogP contribution >= 0.6 is 0 Å². The van der Waals surface area contributed by atoms with Crippen molar-refractivity contribution in [3.05, 3.63) is 76.3 Å². The standard InChI is InChI=1S/2C5H5.4C5H11.C2H6Si.2Hf/c2*1-2-4-5-3-1;4*1-5(2,3)4;1-3-2;;/h2*1-3H,4H2;4*1H2,2-4H3;1-2H3;;/q6*-1;;;. The normalized spacial score (nSPS) is 12.4. The van der Waals surface area contributed by atoms with Gasteiger partial charge in [0, 0.05) is 61.2 Å². The Morgan fingerprint density at radius 3 is 0.686 bits per heavy atom. The Bertz CT molecular complexity index is 372. The van der Waals surface area contributed by atoms with Crippen LogP contribution in [0.15, 0.2) is 36.5 Å². The van der Waals surface area contributed by atoms with Gasteiger partial charge in [-0.2, -0.15) is 33.8 Å². The Labute approximate surface area is 266 Å². The number of allylic oxidation sites excluding steroid dienone is 8. The topological polar surface area (TPSA) is 0 Å². The van der Waals surface area contributed by atoms with Crippen molar-refractivity contribution in [2.45, 2.75) is 109 Å². The van der Waals surface area contributed by atoms with Crippen LogP contribution < -0.4 is 0 Å². The first-order valence-electron chi connectivity index (χ1n) is 11.8. The van der Waals surface area contributed by atoms with Gasteiger partial charge in [0.15, 0.2) is 0 Å². The molecule has 0 N–H and O–H groups in total. The van der Waals surface area contributed by atoms with Crippen LogP contribution in [0.2, 0.25) is 13.1 Å². The summed E-state index contributed by atoms with van der Waals surface area (Å²) in [5, 5.41) is 0. The molecular formula is C32H60Hf2Si-6. The zero-order chi connectivity index (χ0) is 27.8. The van der Waals surface area contributed by atoms with Crippen molar-refractivity contribution in [1.29, 1.82) is 0 Å². The molecule has 2 rings (SSSR count). The first kappa shape index (κ1) is 52.4. The molecule has 206 valence electrons. The van der Waals surface area contributed by atoms with Crippen LogP contribution in [0, 0.1) is 61.5 Å². The van der Waals surface area contributed by atoms with Crippen LogP contribution in [0.5, 0.6) is 0 Å². The summed E-state index contributed by atoms with van der Waals surface area (Å²) in [4.78, 5) is 0. The van der Waals surface area contributed by atoms with Gasteiger partial charge in [-0.1, -0.05) is 96.2 Å². The molecule has 0 saturated carbocycles. The fourth-order valence-electron chi connectivity index (χ4n) is 0.680. The minimum atomic E-state index is 0. The van der Waals surface area contributed by atoms with Gasteiger partial charge in [0.2, 0.25) is 0 Å². The molecule has 0 nitrogen and oxygen atoms in total. The first-order valence-corrected chi connectivity index (χ1v) is 13.8. The smallest absolute Gasteiger partial charge is 0.0307 e. The van der Waals surface area contributed by atoms with Crippen LogP contribution in [0.1, 0.15) is 95.9 Å². The summed E-state index contributed by atoms with van der Waals surface area (Å²) in [6.07, 6.45) is 20.0. The van der Waals surface area contributed by atoms with Crippen molar-refractivity contribution in [1.82, 2.24) is 0 Å². The van der Waals surface area contributed by atoms with Crippen molar-refractivity contribution in [2.75, 3.05) is 0 Å². The first-order chi connectivity index (χ1) is 14.4. The summed E-state index contributed by atoms with van der Waals surface area (Å²) in [5.74, 6) is 0. The van der Waals surface area contributed by atoms with Crippen LogP contribution in [0.4, 0.5) is 0 Å². The molecule has 0 fully saturated rings. The molecule has 0 aliphatic heterocycles. The van der Waals surface area contributed by atoms with Gasteiger partial charge in [-0.3, -0.25) is 12.2 Å². The second kappa shape index (κ2) is 31.1. The summed E-state index contributed by atoms with van der Waals surface area (Å²) in [6.45, 7) is 44.3. The minimum absolute atomic E-state index is 0. The van der Waals surface area contributed by atoms with Gasteiger partial charge in [0.05, 0.1) is 0 Å². The molecule has 0 aromatic rings. The van der Waals surface area contributed by atoms with Crippen molar-refractivity contribution in [3.8, 4) is 0 Å². The predicted octanol–water partition coefficient (Wildman–Crippen LogP) is 10.9. The molecule has 35 heavy (non-hydrogen) atoms. The third-order valence-corrected chi connectivity index (χ3v) is 1.17. The minimum Gasteiger partial charge on any atom is -0.338 e. The number of hydrogen-bond donors (Lipinski definition) is 0. The molecule has 0 aromatic carbocycles. The largest absolute Gasteiger partial charge is 0.338 e. The average molecular weight is 830 g/mol. The van der Waals surface area contributed by atoms with Crippen molar-refractivity contribution in [2.24, 2.45) is 21.7 Å². The molecular weight excluding hydrogens is 769 g/mol. The Kier molecular flexibility index (Phi) is 46.6. The van der Waals surface area contributed by atoms with Gasteiger partial charge < -0.3 is 27.7 Å². The van der Waals surface area contributed by atoms with E-state index in [4.69, 9.17) is 0 Å². The van der Waals surface area contributed by atoms with Crippen molar-refractivity contribution < 1.29 is 51.7 Å². The number of rotatable bonds is 0. The van der Waals surface area contributed by atoms with Gasteiger partial charge in [-0.15, -0.1) is 12.8 Å². The SMILES string of the molecule is C[Si]C.[C-]1=CC=CC1.[C-]1=CC=CC1.[CH2-]C(C)(C)C.[CH2-]C(C)(C)C.[CH2-]C(C)(C)C.[CH2-]C(C)(C)C.[Hf].[Hf]. The van der Waals surface area contributed by atoms with E-state index < -0.39 is 0 Å². The molecule has 0 spiro atoms. The quantitative estimate of drug-likeness (QED) is 0.169. The maximum atomic E-state index is 3.77. The summed E-state index contributed by atoms with van der Waals surface area (Å²) in [6, 6.07) is 0. The summed E-state index contributed by atoms with van der Waals surface area (Å²) in [7, 11) is 1.08. The molecule has 0 aromatic heterocycles. The van der Waals surface area contributed by atoms with Gasteiger partial charge >= 0.3 is 0 Å². The van der Waals surface area contributed by atoms with E-state index in [1.165, 1.54) is 0 Å². The fourth-order valence-corrected chi connectivity index (χ4v) is 0.680. The van der Waals surface area contributed by atoms with Crippen LogP contribution in [0.25, 0.3) is 0 Å². The Balaban J connectivity index is -0.0000000520. The molecule has 0 amide bonds. The Morgan fingerprint density at radius 1 is 0.514 bits per heavy atom. The third-order valence-electron chi connectivity index (χ3n) is 1.17. The van der Waals surface area contributed by atoms with E-state index in [-0.39, 0.29) is 73.3 Å². The van der Waals surface area contributed by atoms with Gasteiger partial charge in [0.25, 0.3) is 0 Å². The van der Waals surface area contributed by atoms with Gasteiger partial charge in [-0.05, 0) is 0 Å². The van der Waals surface area contributed by atoms with Crippen LogP contribution in [0.3, 0.4) is 0 Å². The maximum absolute atomic E-state index is 3.77. The molecule has 2 aliphatic rings. The van der Waals surface area contributed by atoms with E-state index in [2.05, 4.69) is 148 Å². The fraction of sp³-hybridized carbons (Fsp3) is 0.625. The molecule has 0 unspecified atom stereocenters. The third kappa shape index (κ3) is 317. The molecule has 0 saturated heterocycles. The molecule has 0 heterocycles. The second-order valence-corrected chi connectivity index (χ2v) is 13.7. The van der Waals surface area contributed by atoms with E-state index in [1.807, 2.05) is 24.3 Å². The van der Waals surface area contributed by atoms with Crippen molar-refractivity contribution >= 4 is 9.52 Å². The molecule has 2 radical (unpaired) electrons. The van der Waals surface area contributed by atoms with E-state index in [0.717, 1.165) is 22.4 Å². The second-order valence-electron chi connectivity index (χ2n) is 12.7. The Morgan fingerprint density at radius 2 is 0.657 bits per heavy atom. The summed E-state index contributed by atoms with van der Waals surface area (Å²) >= 11 is 0. The van der Waals surface area contributed by atoms with E-state index in [9.17, 15) is 0 Å². The van der Waals surface area contributed by atoms with Crippen LogP contribution in [-0.4, -0.2) is 9.52 Å². The van der Waals surface area contributed by atoms with E-state index in [1.54, 1.807) is 0 Å². The predicted molar refractivity (Wildman–Crippen MR) is 160 cm³/mol. The molecule has 0 bridgehead atoms. The molecule has 3 heteroatoms. The Hall–Kier alpha value is 0.917. The van der Waals surface area contributed by atoms with Crippen molar-refractivity contribution in [3.63, 3.8) is 0 Å². The van der Waals surface area contributed by atoms with Gasteiger partial charge in [-0.25, -0.2) is 24.3 Å². The summed E-state index contributed by atoms with van der Waals surface area (Å²) < 4.78 is 0. The van der Waals surface area contributed by atoms with Crippen LogP contribution in [-0.2, 0) is 51.7 Å². The molecule has 0 atom stereocenters. The average Bonchev–Trinajstić information content (AvgIpc) is 3.21. The van der Waals surface area contributed by atoms with E-state index >= 15 is 0 Å². The maximum Gasteiger partial charge on any atom is 0.0307 e. The molecule has 2 aliphatic carbocycles. The zero-order valence-electron chi connectivity index (χ0n) is 26.2. The number of hydrogen-bond acceptors (Lipinski definition) is 0. The zero-order valence-corrected chi connectivity index (χ0v) is 34.4. The van der Waals surface area contributed by atoms with Gasteiger partial charge in [0.1, 0.15) is 0 Å². The summed E-state index contributed by atoms with van der Waals surface area (Å²) in [5.41, 5.74) is 1.00. The van der Waals surface area contributed by atoms with E-state index in [0.29, 0.717) is 0 Å². The monoisotopic (exact) mass is 832 g/mol.